The first-order chi connectivity index (χ1) is 12.0. The van der Waals surface area contributed by atoms with E-state index in [0.29, 0.717) is 30.8 Å². The molecule has 0 saturated carbocycles. The minimum Gasteiger partial charge on any atom is -0.480 e. The molecular weight excluding hydrogens is 320 g/mol. The number of likely N-dealkylation sites (tertiary alicyclic amines) is 2. The Bertz CT molecular complexity index is 655. The van der Waals surface area contributed by atoms with Crippen LogP contribution >= 0.6 is 0 Å². The van der Waals surface area contributed by atoms with Crippen molar-refractivity contribution in [3.05, 3.63) is 23.8 Å². The van der Waals surface area contributed by atoms with Crippen LogP contribution in [-0.4, -0.2) is 69.0 Å². The Labute approximate surface area is 148 Å². The average Bonchev–Trinajstić information content (AvgIpc) is 2.94. The molecule has 1 atom stereocenters. The van der Waals surface area contributed by atoms with E-state index >= 15 is 0 Å². The molecular formula is C18H26N4O3. The van der Waals surface area contributed by atoms with Crippen LogP contribution in [0.25, 0.3) is 0 Å². The molecule has 1 aromatic heterocycles. The Kier molecular flexibility index (Phi) is 5.03. The zero-order chi connectivity index (χ0) is 18.0. The molecule has 2 fully saturated rings. The Morgan fingerprint density at radius 1 is 1.36 bits per heavy atom. The molecule has 7 nitrogen and oxygen atoms in total. The molecule has 2 aliphatic rings. The second kappa shape index (κ2) is 7.07. The summed E-state index contributed by atoms with van der Waals surface area (Å²) in [5.41, 5.74) is 1.28. The average molecular weight is 346 g/mol. The molecule has 0 radical (unpaired) electrons. The summed E-state index contributed by atoms with van der Waals surface area (Å²) in [7, 11) is 0. The molecule has 0 aromatic carbocycles. The maximum atomic E-state index is 12.7. The predicted octanol–water partition coefficient (Wildman–Crippen LogP) is 1.58. The summed E-state index contributed by atoms with van der Waals surface area (Å²) in [5.74, 6) is -0.743. The monoisotopic (exact) mass is 346 g/mol. The lowest BCUT2D eigenvalue weighted by Crippen LogP contribution is -2.44. The van der Waals surface area contributed by atoms with Gasteiger partial charge in [0.05, 0.1) is 11.3 Å². The molecule has 2 saturated heterocycles. The van der Waals surface area contributed by atoms with Gasteiger partial charge in [0.15, 0.2) is 0 Å². The number of hydrogen-bond donors (Lipinski definition) is 1. The number of nitrogens with zero attached hydrogens (tertiary/aromatic N) is 4. The van der Waals surface area contributed by atoms with Crippen molar-refractivity contribution in [1.29, 1.82) is 0 Å². The second-order valence-electron chi connectivity index (χ2n) is 7.34. The van der Waals surface area contributed by atoms with Crippen molar-refractivity contribution in [3.8, 4) is 0 Å². The van der Waals surface area contributed by atoms with Gasteiger partial charge >= 0.3 is 5.97 Å². The predicted molar refractivity (Wildman–Crippen MR) is 92.2 cm³/mol. The van der Waals surface area contributed by atoms with E-state index in [1.807, 2.05) is 11.8 Å². The van der Waals surface area contributed by atoms with Crippen molar-refractivity contribution in [3.63, 3.8) is 0 Å². The van der Waals surface area contributed by atoms with Crippen LogP contribution < -0.4 is 0 Å². The number of carbonyl (C=O) groups excluding carboxylic acids is 1. The van der Waals surface area contributed by atoms with Crippen molar-refractivity contribution in [2.75, 3.05) is 26.2 Å². The lowest BCUT2D eigenvalue weighted by Gasteiger charge is -2.39. The number of piperidine rings is 1. The molecule has 7 heteroatoms. The molecule has 2 aliphatic heterocycles. The Morgan fingerprint density at radius 2 is 2.08 bits per heavy atom. The van der Waals surface area contributed by atoms with Crippen LogP contribution in [0.1, 0.15) is 48.7 Å². The van der Waals surface area contributed by atoms with Gasteiger partial charge in [0.1, 0.15) is 12.4 Å². The van der Waals surface area contributed by atoms with Gasteiger partial charge in [0.2, 0.25) is 0 Å². The quantitative estimate of drug-likeness (QED) is 0.891. The van der Waals surface area contributed by atoms with Crippen molar-refractivity contribution in [2.24, 2.45) is 5.41 Å². The first kappa shape index (κ1) is 17.8. The normalized spacial score (nSPS) is 23.1. The fourth-order valence-corrected chi connectivity index (χ4v) is 4.23. The van der Waals surface area contributed by atoms with Crippen LogP contribution in [0, 0.1) is 12.3 Å². The summed E-state index contributed by atoms with van der Waals surface area (Å²) in [6.45, 7) is 6.88. The number of hydrogen-bond acceptors (Lipinski definition) is 5. The summed E-state index contributed by atoms with van der Waals surface area (Å²) in [5, 5.41) is 9.52. The number of aromatic nitrogens is 2. The zero-order valence-electron chi connectivity index (χ0n) is 14.9. The number of aryl methyl sites for hydroxylation is 1. The highest BCUT2D eigenvalue weighted by Gasteiger charge is 2.48. The number of carboxylic acids is 1. The van der Waals surface area contributed by atoms with E-state index in [4.69, 9.17) is 0 Å². The number of carbonyl (C=O) groups is 2. The summed E-state index contributed by atoms with van der Waals surface area (Å²) in [6, 6.07) is -0.382. The smallest absolute Gasteiger partial charge is 0.320 e. The fourth-order valence-electron chi connectivity index (χ4n) is 4.23. The third kappa shape index (κ3) is 3.51. The molecule has 1 aromatic rings. The van der Waals surface area contributed by atoms with Crippen molar-refractivity contribution in [1.82, 2.24) is 19.8 Å². The molecule has 0 aliphatic carbocycles. The highest BCUT2D eigenvalue weighted by molar-refractivity contribution is 5.94. The molecule has 25 heavy (non-hydrogen) atoms. The van der Waals surface area contributed by atoms with Crippen LogP contribution in [-0.2, 0) is 4.79 Å². The van der Waals surface area contributed by atoms with Crippen molar-refractivity contribution < 1.29 is 14.7 Å². The minimum atomic E-state index is -0.721. The summed E-state index contributed by atoms with van der Waals surface area (Å²) in [4.78, 5) is 36.3. The molecule has 1 amide bonds. The Balaban J connectivity index is 1.66. The van der Waals surface area contributed by atoms with Gasteiger partial charge in [0, 0.05) is 25.8 Å². The van der Waals surface area contributed by atoms with E-state index in [9.17, 15) is 14.7 Å². The van der Waals surface area contributed by atoms with Gasteiger partial charge < -0.3 is 10.0 Å². The number of rotatable bonds is 4. The fraction of sp³-hybridized carbons (Fsp3) is 0.667. The highest BCUT2D eigenvalue weighted by Crippen LogP contribution is 2.43. The largest absolute Gasteiger partial charge is 0.480 e. The van der Waals surface area contributed by atoms with Gasteiger partial charge in [0.25, 0.3) is 5.91 Å². The molecule has 1 N–H and O–H groups in total. The molecule has 0 bridgehead atoms. The van der Waals surface area contributed by atoms with Crippen molar-refractivity contribution in [2.45, 2.75) is 45.6 Å². The third-order valence-electron chi connectivity index (χ3n) is 5.65. The highest BCUT2D eigenvalue weighted by atomic mass is 16.4. The Morgan fingerprint density at radius 3 is 2.68 bits per heavy atom. The van der Waals surface area contributed by atoms with Gasteiger partial charge in [-0.2, -0.15) is 0 Å². The topological polar surface area (TPSA) is 86.6 Å². The van der Waals surface area contributed by atoms with E-state index in [0.717, 1.165) is 32.4 Å². The Hall–Kier alpha value is -2.02. The van der Waals surface area contributed by atoms with Crippen LogP contribution in [0.2, 0.25) is 0 Å². The van der Waals surface area contributed by atoms with E-state index < -0.39 is 5.97 Å². The van der Waals surface area contributed by atoms with Crippen LogP contribution in [0.5, 0.6) is 0 Å². The van der Waals surface area contributed by atoms with Crippen molar-refractivity contribution >= 4 is 11.9 Å². The molecule has 1 spiro atoms. The molecule has 3 heterocycles. The first-order valence-corrected chi connectivity index (χ1v) is 8.98. The second-order valence-corrected chi connectivity index (χ2v) is 7.34. The lowest BCUT2D eigenvalue weighted by atomic mass is 9.76. The molecule has 3 rings (SSSR count). The lowest BCUT2D eigenvalue weighted by molar-refractivity contribution is -0.142. The number of aliphatic carboxylic acids is 1. The maximum Gasteiger partial charge on any atom is 0.320 e. The van der Waals surface area contributed by atoms with Crippen LogP contribution in [0.3, 0.4) is 0 Å². The molecule has 0 unspecified atom stereocenters. The summed E-state index contributed by atoms with van der Waals surface area (Å²) >= 11 is 0. The van der Waals surface area contributed by atoms with Crippen LogP contribution in [0.15, 0.2) is 12.5 Å². The zero-order valence-corrected chi connectivity index (χ0v) is 14.9. The van der Waals surface area contributed by atoms with Gasteiger partial charge in [-0.25, -0.2) is 9.97 Å². The van der Waals surface area contributed by atoms with E-state index in [2.05, 4.69) is 21.8 Å². The van der Waals surface area contributed by atoms with Gasteiger partial charge in [-0.1, -0.05) is 6.92 Å². The SMILES string of the molecule is CCCN1CC2(CCN(C(=O)c3cncnc3C)CC2)C[C@H]1C(=O)O. The van der Waals surface area contributed by atoms with Gasteiger partial charge in [-0.3, -0.25) is 14.5 Å². The van der Waals surface area contributed by atoms with E-state index in [1.54, 1.807) is 6.20 Å². The maximum absolute atomic E-state index is 12.7. The van der Waals surface area contributed by atoms with Gasteiger partial charge in [-0.15, -0.1) is 0 Å². The summed E-state index contributed by atoms with van der Waals surface area (Å²) < 4.78 is 0. The number of carboxylic acid groups (broad SMARTS) is 1. The van der Waals surface area contributed by atoms with Gasteiger partial charge in [-0.05, 0) is 44.6 Å². The van der Waals surface area contributed by atoms with E-state index in [1.165, 1.54) is 6.33 Å². The standard InChI is InChI=1S/C18H26N4O3/c1-3-6-22-11-18(9-15(22)17(24)25)4-7-21(8-5-18)16(23)14-10-19-12-20-13(14)2/h10,12,15H,3-9,11H2,1-2H3,(H,24,25)/t15-/m0/s1. The summed E-state index contributed by atoms with van der Waals surface area (Å²) in [6.07, 6.45) is 6.39. The minimum absolute atomic E-state index is 0.0221. The van der Waals surface area contributed by atoms with Crippen LogP contribution in [0.4, 0.5) is 0 Å². The first-order valence-electron chi connectivity index (χ1n) is 8.98. The molecule has 136 valence electrons. The number of amides is 1. The third-order valence-corrected chi connectivity index (χ3v) is 5.65. The van der Waals surface area contributed by atoms with E-state index in [-0.39, 0.29) is 17.4 Å².